The second kappa shape index (κ2) is 5.98. The highest BCUT2D eigenvalue weighted by Gasteiger charge is 2.20. The van der Waals surface area contributed by atoms with Crippen molar-refractivity contribution in [2.75, 3.05) is 26.2 Å². The minimum absolute atomic E-state index is 0.594. The zero-order valence-electron chi connectivity index (χ0n) is 9.75. The number of hydrogen-bond donors (Lipinski definition) is 1. The third kappa shape index (κ3) is 2.96. The summed E-state index contributed by atoms with van der Waals surface area (Å²) in [5.74, 6) is 0. The van der Waals surface area contributed by atoms with Crippen LogP contribution >= 0.6 is 22.6 Å². The molecule has 1 saturated heterocycles. The van der Waals surface area contributed by atoms with Crippen LogP contribution in [0, 0.1) is 3.57 Å². The first-order valence-electron chi connectivity index (χ1n) is 6.01. The van der Waals surface area contributed by atoms with E-state index in [0.29, 0.717) is 6.04 Å². The molecule has 1 fully saturated rings. The average Bonchev–Trinajstić information content (AvgIpc) is 2.31. The van der Waals surface area contributed by atoms with E-state index in [-0.39, 0.29) is 0 Å². The number of nitrogens with zero attached hydrogens (tertiary/aromatic N) is 1. The van der Waals surface area contributed by atoms with Crippen LogP contribution in [0.25, 0.3) is 0 Å². The van der Waals surface area contributed by atoms with E-state index in [1.54, 1.807) is 0 Å². The van der Waals surface area contributed by atoms with Crippen molar-refractivity contribution >= 4 is 22.6 Å². The predicted molar refractivity (Wildman–Crippen MR) is 76.6 cm³/mol. The van der Waals surface area contributed by atoms with Crippen molar-refractivity contribution < 1.29 is 0 Å². The smallest absolute Gasteiger partial charge is 0.0346 e. The van der Waals surface area contributed by atoms with E-state index < -0.39 is 0 Å². The van der Waals surface area contributed by atoms with Gasteiger partial charge in [-0.25, -0.2) is 0 Å². The van der Waals surface area contributed by atoms with E-state index in [2.05, 4.69) is 64.0 Å². The van der Waals surface area contributed by atoms with Gasteiger partial charge in [0.15, 0.2) is 0 Å². The molecule has 88 valence electrons. The summed E-state index contributed by atoms with van der Waals surface area (Å²) >= 11 is 2.40. The van der Waals surface area contributed by atoms with Crippen LogP contribution in [0.3, 0.4) is 0 Å². The molecule has 0 spiro atoms. The fraction of sp³-hybridized carbons (Fsp3) is 0.538. The fourth-order valence-corrected chi connectivity index (χ4v) is 2.98. The van der Waals surface area contributed by atoms with Crippen molar-refractivity contribution in [1.82, 2.24) is 10.2 Å². The second-order valence-electron chi connectivity index (χ2n) is 4.27. The summed E-state index contributed by atoms with van der Waals surface area (Å²) in [6, 6.07) is 9.50. The Bertz CT molecular complexity index is 334. The zero-order valence-corrected chi connectivity index (χ0v) is 11.9. The minimum Gasteiger partial charge on any atom is -0.314 e. The first kappa shape index (κ1) is 12.3. The molecular formula is C13H19IN2. The highest BCUT2D eigenvalue weighted by molar-refractivity contribution is 14.1. The van der Waals surface area contributed by atoms with Crippen molar-refractivity contribution in [3.8, 4) is 0 Å². The number of hydrogen-bond acceptors (Lipinski definition) is 2. The maximum absolute atomic E-state index is 3.41. The third-order valence-electron chi connectivity index (χ3n) is 3.21. The Labute approximate surface area is 112 Å². The molecule has 1 heterocycles. The van der Waals surface area contributed by atoms with Crippen LogP contribution in [0.2, 0.25) is 0 Å². The topological polar surface area (TPSA) is 15.3 Å². The molecule has 0 amide bonds. The van der Waals surface area contributed by atoms with Gasteiger partial charge in [0, 0.05) is 35.8 Å². The van der Waals surface area contributed by atoms with Gasteiger partial charge >= 0.3 is 0 Å². The Balaban J connectivity index is 2.14. The van der Waals surface area contributed by atoms with E-state index in [1.807, 2.05) is 0 Å². The maximum atomic E-state index is 3.41. The Hall–Kier alpha value is -0.130. The Morgan fingerprint density at radius 2 is 2.12 bits per heavy atom. The van der Waals surface area contributed by atoms with Crippen molar-refractivity contribution in [2.45, 2.75) is 19.4 Å². The molecule has 1 aliphatic heterocycles. The van der Waals surface area contributed by atoms with Gasteiger partial charge < -0.3 is 5.32 Å². The maximum Gasteiger partial charge on any atom is 0.0346 e. The standard InChI is InChI=1S/C13H19IN2/c1-2-13(16-8-6-15-7-9-16)11-4-3-5-12(14)10-11/h3-5,10,13,15H,2,6-9H2,1H3/t13-/m0/s1. The average molecular weight is 330 g/mol. The van der Waals surface area contributed by atoms with Gasteiger partial charge in [0.05, 0.1) is 0 Å². The van der Waals surface area contributed by atoms with Gasteiger partial charge in [-0.3, -0.25) is 4.90 Å². The molecule has 0 radical (unpaired) electrons. The van der Waals surface area contributed by atoms with Crippen LogP contribution in [-0.2, 0) is 0 Å². The molecular weight excluding hydrogens is 311 g/mol. The third-order valence-corrected chi connectivity index (χ3v) is 3.88. The fourth-order valence-electron chi connectivity index (χ4n) is 2.41. The molecule has 0 unspecified atom stereocenters. The molecule has 1 aromatic carbocycles. The number of benzene rings is 1. The molecule has 1 N–H and O–H groups in total. The molecule has 0 saturated carbocycles. The highest BCUT2D eigenvalue weighted by Crippen LogP contribution is 2.25. The number of piperazine rings is 1. The van der Waals surface area contributed by atoms with E-state index in [4.69, 9.17) is 0 Å². The first-order chi connectivity index (χ1) is 7.81. The predicted octanol–water partition coefficient (Wildman–Crippen LogP) is 2.65. The minimum atomic E-state index is 0.594. The summed E-state index contributed by atoms with van der Waals surface area (Å²) in [7, 11) is 0. The van der Waals surface area contributed by atoms with E-state index in [1.165, 1.54) is 28.6 Å². The molecule has 0 aromatic heterocycles. The Kier molecular flexibility index (Phi) is 4.61. The zero-order chi connectivity index (χ0) is 11.4. The number of halogens is 1. The van der Waals surface area contributed by atoms with Gasteiger partial charge in [0.2, 0.25) is 0 Å². The van der Waals surface area contributed by atoms with Gasteiger partial charge in [-0.1, -0.05) is 19.1 Å². The van der Waals surface area contributed by atoms with Gasteiger partial charge in [-0.15, -0.1) is 0 Å². The lowest BCUT2D eigenvalue weighted by Crippen LogP contribution is -2.45. The van der Waals surface area contributed by atoms with Crippen LogP contribution in [0.1, 0.15) is 24.9 Å². The lowest BCUT2D eigenvalue weighted by molar-refractivity contribution is 0.169. The summed E-state index contributed by atoms with van der Waals surface area (Å²) < 4.78 is 1.34. The van der Waals surface area contributed by atoms with Crippen molar-refractivity contribution in [1.29, 1.82) is 0 Å². The van der Waals surface area contributed by atoms with E-state index in [9.17, 15) is 0 Å². The van der Waals surface area contributed by atoms with Crippen molar-refractivity contribution in [3.63, 3.8) is 0 Å². The summed E-state index contributed by atoms with van der Waals surface area (Å²) in [4.78, 5) is 2.60. The largest absolute Gasteiger partial charge is 0.314 e. The summed E-state index contributed by atoms with van der Waals surface area (Å²) in [6.07, 6.45) is 1.19. The molecule has 1 aromatic rings. The normalized spacial score (nSPS) is 19.6. The quantitative estimate of drug-likeness (QED) is 0.858. The SMILES string of the molecule is CC[C@@H](c1cccc(I)c1)N1CCNCC1. The van der Waals surface area contributed by atoms with Crippen LogP contribution in [-0.4, -0.2) is 31.1 Å². The molecule has 1 aliphatic rings. The monoisotopic (exact) mass is 330 g/mol. The lowest BCUT2D eigenvalue weighted by atomic mass is 10.0. The first-order valence-corrected chi connectivity index (χ1v) is 7.09. The molecule has 16 heavy (non-hydrogen) atoms. The highest BCUT2D eigenvalue weighted by atomic mass is 127. The molecule has 1 atom stereocenters. The lowest BCUT2D eigenvalue weighted by Gasteiger charge is -2.34. The summed E-state index contributed by atoms with van der Waals surface area (Å²) in [6.45, 7) is 6.88. The molecule has 2 rings (SSSR count). The van der Waals surface area contributed by atoms with Gasteiger partial charge in [-0.2, -0.15) is 0 Å². The molecule has 3 heteroatoms. The number of rotatable bonds is 3. The van der Waals surface area contributed by atoms with Crippen LogP contribution < -0.4 is 5.32 Å². The Morgan fingerprint density at radius 3 is 2.75 bits per heavy atom. The van der Waals surface area contributed by atoms with Crippen LogP contribution in [0.15, 0.2) is 24.3 Å². The second-order valence-corrected chi connectivity index (χ2v) is 5.51. The van der Waals surface area contributed by atoms with Crippen LogP contribution in [0.5, 0.6) is 0 Å². The molecule has 0 bridgehead atoms. The number of nitrogens with one attached hydrogen (secondary N) is 1. The molecule has 0 aliphatic carbocycles. The van der Waals surface area contributed by atoms with E-state index >= 15 is 0 Å². The molecule has 2 nitrogen and oxygen atoms in total. The van der Waals surface area contributed by atoms with Gasteiger partial charge in [0.25, 0.3) is 0 Å². The van der Waals surface area contributed by atoms with Crippen molar-refractivity contribution in [2.24, 2.45) is 0 Å². The summed E-state index contributed by atoms with van der Waals surface area (Å²) in [5, 5.41) is 3.41. The Morgan fingerprint density at radius 1 is 1.38 bits per heavy atom. The van der Waals surface area contributed by atoms with Crippen molar-refractivity contribution in [3.05, 3.63) is 33.4 Å². The van der Waals surface area contributed by atoms with Gasteiger partial charge in [0.1, 0.15) is 0 Å². The van der Waals surface area contributed by atoms with E-state index in [0.717, 1.165) is 13.1 Å². The van der Waals surface area contributed by atoms with Gasteiger partial charge in [-0.05, 0) is 46.7 Å². The summed E-state index contributed by atoms with van der Waals surface area (Å²) in [5.41, 5.74) is 1.47. The van der Waals surface area contributed by atoms with Crippen LogP contribution in [0.4, 0.5) is 0 Å².